The van der Waals surface area contributed by atoms with Crippen molar-refractivity contribution in [2.45, 2.75) is 102 Å². The van der Waals surface area contributed by atoms with Crippen molar-refractivity contribution < 1.29 is 27.8 Å². The molecular formula is C30H39ClF2N6O4. The van der Waals surface area contributed by atoms with Gasteiger partial charge in [-0.1, -0.05) is 11.6 Å². The first kappa shape index (κ1) is 29.0. The summed E-state index contributed by atoms with van der Waals surface area (Å²) < 4.78 is 47.6. The van der Waals surface area contributed by atoms with Crippen molar-refractivity contribution in [1.82, 2.24) is 24.8 Å². The summed E-state index contributed by atoms with van der Waals surface area (Å²) in [7, 11) is 0. The Balaban J connectivity index is 1.21. The number of pyridine rings is 1. The molecule has 10 nitrogen and oxygen atoms in total. The second-order valence-electron chi connectivity index (χ2n) is 14.0. The van der Waals surface area contributed by atoms with E-state index in [-0.39, 0.29) is 52.2 Å². The van der Waals surface area contributed by atoms with Crippen LogP contribution in [0.3, 0.4) is 0 Å². The minimum Gasteiger partial charge on any atom is -0.472 e. The highest BCUT2D eigenvalue weighted by atomic mass is 35.5. The standard InChI is InChI=1S/C30H39ClF2N6O4/c1-16-23-19-6-5-18(39(19)28(40)43-29(2,3)4)13-38(23)25-20-22(21(33)24(31)35-26(20)42-16)34-27(36-25)41-15-30(9-10-30)14-37-11-7-17(32)8-12-37/h16-19,23H,5-15H2,1-4H3/t16-,18+,19-,23+/m0/s1. The van der Waals surface area contributed by atoms with Crippen LogP contribution in [0.4, 0.5) is 19.4 Å². The minimum absolute atomic E-state index is 0.000339. The van der Waals surface area contributed by atoms with Gasteiger partial charge in [0.25, 0.3) is 0 Å². The van der Waals surface area contributed by atoms with Gasteiger partial charge in [-0.25, -0.2) is 13.6 Å². The summed E-state index contributed by atoms with van der Waals surface area (Å²) in [6.45, 7) is 10.7. The fourth-order valence-electron chi connectivity index (χ4n) is 7.33. The van der Waals surface area contributed by atoms with Crippen LogP contribution in [0.15, 0.2) is 0 Å². The number of piperidine rings is 1. The molecule has 4 atom stereocenters. The van der Waals surface area contributed by atoms with E-state index in [0.717, 1.165) is 45.3 Å². The Hall–Kier alpha value is -2.73. The van der Waals surface area contributed by atoms with Crippen LogP contribution in [0.2, 0.25) is 5.15 Å². The van der Waals surface area contributed by atoms with Crippen LogP contribution in [0, 0.1) is 11.2 Å². The lowest BCUT2D eigenvalue weighted by molar-refractivity contribution is 0.000934. The first-order chi connectivity index (χ1) is 20.4. The number of piperazine rings is 1. The molecule has 2 aromatic heterocycles. The Labute approximate surface area is 255 Å². The number of amides is 1. The number of fused-ring (bicyclic) bond motifs is 5. The van der Waals surface area contributed by atoms with Crippen molar-refractivity contribution in [1.29, 1.82) is 0 Å². The van der Waals surface area contributed by atoms with Crippen molar-refractivity contribution >= 4 is 34.4 Å². The van der Waals surface area contributed by atoms with Gasteiger partial charge in [-0.15, -0.1) is 0 Å². The number of hydrogen-bond acceptors (Lipinski definition) is 9. The first-order valence-electron chi connectivity index (χ1n) is 15.4. The number of rotatable bonds is 5. The van der Waals surface area contributed by atoms with Crippen LogP contribution in [-0.2, 0) is 4.74 Å². The zero-order valence-electron chi connectivity index (χ0n) is 25.1. The summed E-state index contributed by atoms with van der Waals surface area (Å²) in [5.74, 6) is -0.114. The van der Waals surface area contributed by atoms with Gasteiger partial charge >= 0.3 is 12.1 Å². The maximum absolute atomic E-state index is 15.5. The molecule has 0 radical (unpaired) electrons. The summed E-state index contributed by atoms with van der Waals surface area (Å²) in [5, 5.41) is 0.0148. The van der Waals surface area contributed by atoms with Gasteiger partial charge in [0.2, 0.25) is 5.88 Å². The molecule has 7 rings (SSSR count). The number of halogens is 3. The average Bonchev–Trinajstić information content (AvgIpc) is 3.66. The van der Waals surface area contributed by atoms with E-state index in [1.165, 1.54) is 0 Å². The van der Waals surface area contributed by atoms with Gasteiger partial charge in [0.15, 0.2) is 11.0 Å². The number of alkyl halides is 1. The molecule has 2 aromatic rings. The highest BCUT2D eigenvalue weighted by molar-refractivity contribution is 6.30. The molecule has 1 aliphatic carbocycles. The van der Waals surface area contributed by atoms with E-state index in [1.54, 1.807) is 0 Å². The molecule has 0 unspecified atom stereocenters. The second-order valence-corrected chi connectivity index (χ2v) is 14.3. The topological polar surface area (TPSA) is 93.2 Å². The van der Waals surface area contributed by atoms with Crippen molar-refractivity contribution in [3.05, 3.63) is 11.0 Å². The zero-order valence-corrected chi connectivity index (χ0v) is 25.9. The Morgan fingerprint density at radius 2 is 1.88 bits per heavy atom. The quantitative estimate of drug-likeness (QED) is 0.421. The molecule has 1 amide bonds. The summed E-state index contributed by atoms with van der Waals surface area (Å²) >= 11 is 6.24. The fraction of sp³-hybridized carbons (Fsp3) is 0.733. The van der Waals surface area contributed by atoms with Gasteiger partial charge in [0, 0.05) is 31.6 Å². The van der Waals surface area contributed by atoms with Gasteiger partial charge in [-0.05, 0) is 66.2 Å². The lowest BCUT2D eigenvalue weighted by atomic mass is 9.98. The van der Waals surface area contributed by atoms with E-state index in [4.69, 9.17) is 30.8 Å². The third kappa shape index (κ3) is 5.32. The molecule has 2 bridgehead atoms. The van der Waals surface area contributed by atoms with Gasteiger partial charge in [-0.3, -0.25) is 4.90 Å². The van der Waals surface area contributed by atoms with Crippen molar-refractivity contribution in [2.24, 2.45) is 5.41 Å². The van der Waals surface area contributed by atoms with E-state index in [2.05, 4.69) is 19.8 Å². The maximum Gasteiger partial charge on any atom is 0.410 e. The van der Waals surface area contributed by atoms with Crippen LogP contribution in [0.1, 0.15) is 66.2 Å². The number of nitrogens with zero attached hydrogens (tertiary/aromatic N) is 6. The smallest absolute Gasteiger partial charge is 0.410 e. The number of aromatic nitrogens is 3. The Kier molecular flexibility index (Phi) is 7.03. The molecule has 13 heteroatoms. The van der Waals surface area contributed by atoms with Gasteiger partial charge in [0.1, 0.15) is 34.6 Å². The molecule has 0 N–H and O–H groups in total. The number of carbonyl (C=O) groups excluding carboxylic acids is 1. The Bertz CT molecular complexity index is 1430. The van der Waals surface area contributed by atoms with Crippen LogP contribution >= 0.6 is 11.6 Å². The van der Waals surface area contributed by atoms with E-state index in [1.807, 2.05) is 32.6 Å². The summed E-state index contributed by atoms with van der Waals surface area (Å²) in [5.41, 5.74) is -0.672. The van der Waals surface area contributed by atoms with Crippen molar-refractivity contribution in [2.75, 3.05) is 37.7 Å². The molecule has 4 aliphatic heterocycles. The zero-order chi connectivity index (χ0) is 30.3. The summed E-state index contributed by atoms with van der Waals surface area (Å²) in [4.78, 5) is 33.2. The number of hydrogen-bond donors (Lipinski definition) is 0. The van der Waals surface area contributed by atoms with E-state index >= 15 is 4.39 Å². The summed E-state index contributed by atoms with van der Waals surface area (Å²) in [6, 6.07) is -0.525. The number of carbonyl (C=O) groups is 1. The molecule has 4 fully saturated rings. The molecule has 43 heavy (non-hydrogen) atoms. The number of likely N-dealkylation sites (tertiary alicyclic amines) is 1. The van der Waals surface area contributed by atoms with E-state index < -0.39 is 23.7 Å². The molecule has 3 saturated heterocycles. The van der Waals surface area contributed by atoms with Gasteiger partial charge < -0.3 is 24.0 Å². The molecule has 0 spiro atoms. The lowest BCUT2D eigenvalue weighted by Crippen LogP contribution is -2.65. The number of anilines is 1. The largest absolute Gasteiger partial charge is 0.472 e. The first-order valence-corrected chi connectivity index (χ1v) is 15.8. The molecule has 5 aliphatic rings. The molecule has 6 heterocycles. The molecular weight excluding hydrogens is 582 g/mol. The predicted octanol–water partition coefficient (Wildman–Crippen LogP) is 5.15. The van der Waals surface area contributed by atoms with Crippen molar-refractivity contribution in [3.63, 3.8) is 0 Å². The normalized spacial score (nSPS) is 28.3. The van der Waals surface area contributed by atoms with Crippen LogP contribution in [0.5, 0.6) is 11.9 Å². The van der Waals surface area contributed by atoms with E-state index in [0.29, 0.717) is 37.2 Å². The summed E-state index contributed by atoms with van der Waals surface area (Å²) in [6.07, 6.45) is 3.23. The Morgan fingerprint density at radius 1 is 1.14 bits per heavy atom. The van der Waals surface area contributed by atoms with E-state index in [9.17, 15) is 9.18 Å². The SMILES string of the molecule is C[C@@H]1Oc2nc(Cl)c(F)c3nc(OCC4(CN5CCC(F)CC5)CC4)nc(c23)N2C[C@H]3CC[C@@H]([C@@H]12)N3C(=O)OC(C)(C)C. The monoisotopic (exact) mass is 620 g/mol. The molecule has 0 aromatic carbocycles. The van der Waals surface area contributed by atoms with Crippen LogP contribution in [-0.4, -0.2) is 99.6 Å². The third-order valence-corrected chi connectivity index (χ3v) is 9.83. The van der Waals surface area contributed by atoms with Gasteiger partial charge in [0.05, 0.1) is 24.7 Å². The minimum atomic E-state index is -0.755. The average molecular weight is 621 g/mol. The second kappa shape index (κ2) is 10.4. The Morgan fingerprint density at radius 3 is 2.58 bits per heavy atom. The van der Waals surface area contributed by atoms with Crippen LogP contribution in [0.25, 0.3) is 10.9 Å². The van der Waals surface area contributed by atoms with Gasteiger partial charge in [-0.2, -0.15) is 15.0 Å². The fourth-order valence-corrected chi connectivity index (χ4v) is 7.50. The van der Waals surface area contributed by atoms with Crippen LogP contribution < -0.4 is 14.4 Å². The third-order valence-electron chi connectivity index (χ3n) is 9.58. The highest BCUT2D eigenvalue weighted by Gasteiger charge is 2.54. The molecule has 1 saturated carbocycles. The highest BCUT2D eigenvalue weighted by Crippen LogP contribution is 2.48. The van der Waals surface area contributed by atoms with Crippen molar-refractivity contribution in [3.8, 4) is 11.9 Å². The maximum atomic E-state index is 15.5. The predicted molar refractivity (Wildman–Crippen MR) is 156 cm³/mol. The lowest BCUT2D eigenvalue weighted by Gasteiger charge is -2.48. The number of ether oxygens (including phenoxy) is 3. The molecule has 234 valence electrons.